The van der Waals surface area contributed by atoms with E-state index in [9.17, 15) is 24.0 Å². The van der Waals surface area contributed by atoms with E-state index in [1.807, 2.05) is 31.2 Å². The number of aryl methyl sites for hydroxylation is 1. The summed E-state index contributed by atoms with van der Waals surface area (Å²) in [7, 11) is 0. The maximum atomic E-state index is 14.2. The van der Waals surface area contributed by atoms with E-state index in [1.165, 1.54) is 6.92 Å². The van der Waals surface area contributed by atoms with E-state index in [0.717, 1.165) is 42.4 Å². The van der Waals surface area contributed by atoms with Crippen LogP contribution >= 0.6 is 0 Å². The molecule has 5 rings (SSSR count). The number of nitrogens with zero attached hydrogens (tertiary/aromatic N) is 2. The van der Waals surface area contributed by atoms with Gasteiger partial charge in [-0.3, -0.25) is 29.4 Å². The Morgan fingerprint density at radius 2 is 1.54 bits per heavy atom. The molecule has 0 aromatic heterocycles. The second-order valence-corrected chi connectivity index (χ2v) is 13.5. The number of hydrogen-bond donors (Lipinski definition) is 5. The molecule has 0 bridgehead atoms. The first kappa shape index (κ1) is 34.6. The van der Waals surface area contributed by atoms with Gasteiger partial charge in [-0.05, 0) is 63.0 Å². The molecule has 5 amide bonds. The molecule has 2 aliphatic heterocycles. The van der Waals surface area contributed by atoms with E-state index in [2.05, 4.69) is 10.6 Å². The smallest absolute Gasteiger partial charge is 0.246 e. The summed E-state index contributed by atoms with van der Waals surface area (Å²) in [5.41, 5.74) is 14.4. The van der Waals surface area contributed by atoms with Crippen molar-refractivity contribution in [2.75, 3.05) is 6.54 Å². The Kier molecular flexibility index (Phi) is 10.8. The molecule has 1 saturated carbocycles. The maximum Gasteiger partial charge on any atom is 0.246 e. The lowest BCUT2D eigenvalue weighted by Gasteiger charge is -2.35. The van der Waals surface area contributed by atoms with Crippen LogP contribution in [0.15, 0.2) is 48.5 Å². The number of carbonyl (C=O) groups excluding carboxylic acids is 5. The molecule has 2 aromatic rings. The number of fused-ring (bicyclic) bond motifs is 1. The molecular formula is C36H47N7O5. The normalized spacial score (nSPS) is 23.1. The van der Waals surface area contributed by atoms with Gasteiger partial charge in [0.15, 0.2) is 0 Å². The second-order valence-electron chi connectivity index (χ2n) is 13.5. The minimum atomic E-state index is -0.975. The summed E-state index contributed by atoms with van der Waals surface area (Å²) in [5.74, 6) is -1.85. The summed E-state index contributed by atoms with van der Waals surface area (Å²) in [4.78, 5) is 70.2. The molecule has 3 aliphatic rings. The van der Waals surface area contributed by atoms with Crippen LogP contribution in [0.3, 0.4) is 0 Å². The van der Waals surface area contributed by atoms with E-state index >= 15 is 0 Å². The number of amides is 5. The SMILES string of the molecule is Cc1ccc(C[C@H](NC(=O)[C@@H](C)NC(=O)[C@@H]2CCCN2C(=O)[C@@H]2C[C@@H]3CCCC[C@@H]3N2C(=O)Cc2ccc(C(=N)N)cc2)C(N)=O)cc1. The van der Waals surface area contributed by atoms with Crippen molar-refractivity contribution in [3.8, 4) is 0 Å². The Balaban J connectivity index is 1.24. The van der Waals surface area contributed by atoms with Crippen LogP contribution in [-0.2, 0) is 36.8 Å². The lowest BCUT2D eigenvalue weighted by atomic mass is 9.84. The summed E-state index contributed by atoms with van der Waals surface area (Å²) < 4.78 is 0. The fourth-order valence-electron chi connectivity index (χ4n) is 7.46. The van der Waals surface area contributed by atoms with Gasteiger partial charge in [-0.15, -0.1) is 0 Å². The van der Waals surface area contributed by atoms with E-state index in [1.54, 1.807) is 34.1 Å². The topological polar surface area (TPSA) is 192 Å². The number of nitrogens with one attached hydrogen (secondary N) is 3. The highest BCUT2D eigenvalue weighted by molar-refractivity contribution is 5.96. The van der Waals surface area contributed by atoms with Crippen LogP contribution in [0.2, 0.25) is 0 Å². The number of likely N-dealkylation sites (tertiary alicyclic amines) is 2. The third-order valence-corrected chi connectivity index (χ3v) is 10.1. The van der Waals surface area contributed by atoms with Gasteiger partial charge in [0.2, 0.25) is 29.5 Å². The zero-order valence-electron chi connectivity index (χ0n) is 27.7. The molecule has 48 heavy (non-hydrogen) atoms. The summed E-state index contributed by atoms with van der Waals surface area (Å²) in [6, 6.07) is 11.2. The first-order chi connectivity index (χ1) is 22.9. The Morgan fingerprint density at radius 1 is 0.875 bits per heavy atom. The number of carbonyl (C=O) groups is 5. The number of amidine groups is 1. The van der Waals surface area contributed by atoms with Crippen molar-refractivity contribution >= 4 is 35.4 Å². The van der Waals surface area contributed by atoms with Crippen LogP contribution in [0, 0.1) is 18.3 Å². The van der Waals surface area contributed by atoms with E-state index in [-0.39, 0.29) is 42.5 Å². The predicted molar refractivity (Wildman–Crippen MR) is 181 cm³/mol. The predicted octanol–water partition coefficient (Wildman–Crippen LogP) is 1.69. The number of rotatable bonds is 11. The Hall–Kier alpha value is -4.74. The van der Waals surface area contributed by atoms with Gasteiger partial charge >= 0.3 is 0 Å². The van der Waals surface area contributed by atoms with Gasteiger partial charge in [0, 0.05) is 24.6 Å². The molecule has 0 spiro atoms. The number of benzene rings is 2. The molecule has 1 aliphatic carbocycles. The molecule has 2 aromatic carbocycles. The van der Waals surface area contributed by atoms with Crippen molar-refractivity contribution in [1.82, 2.24) is 20.4 Å². The average molecular weight is 658 g/mol. The fraction of sp³-hybridized carbons (Fsp3) is 0.500. The van der Waals surface area contributed by atoms with Crippen LogP contribution in [0.5, 0.6) is 0 Å². The largest absolute Gasteiger partial charge is 0.384 e. The summed E-state index contributed by atoms with van der Waals surface area (Å²) in [5, 5.41) is 13.0. The van der Waals surface area contributed by atoms with Gasteiger partial charge < -0.3 is 31.9 Å². The minimum Gasteiger partial charge on any atom is -0.384 e. The van der Waals surface area contributed by atoms with Crippen LogP contribution < -0.4 is 22.1 Å². The molecule has 0 unspecified atom stereocenters. The highest BCUT2D eigenvalue weighted by Gasteiger charge is 2.50. The molecule has 0 radical (unpaired) electrons. The van der Waals surface area contributed by atoms with Gasteiger partial charge in [0.25, 0.3) is 0 Å². The molecular weight excluding hydrogens is 610 g/mol. The molecule has 2 heterocycles. The van der Waals surface area contributed by atoms with Gasteiger partial charge in [-0.1, -0.05) is 66.9 Å². The molecule has 12 nitrogen and oxygen atoms in total. The van der Waals surface area contributed by atoms with Crippen molar-refractivity contribution in [2.24, 2.45) is 17.4 Å². The van der Waals surface area contributed by atoms with Crippen molar-refractivity contribution in [3.63, 3.8) is 0 Å². The van der Waals surface area contributed by atoms with E-state index < -0.39 is 41.9 Å². The Bertz CT molecular complexity index is 1540. The van der Waals surface area contributed by atoms with Gasteiger partial charge in [-0.25, -0.2) is 0 Å². The second kappa shape index (κ2) is 15.0. The van der Waals surface area contributed by atoms with Gasteiger partial charge in [-0.2, -0.15) is 0 Å². The Morgan fingerprint density at radius 3 is 2.21 bits per heavy atom. The minimum absolute atomic E-state index is 0.0200. The molecule has 6 atom stereocenters. The average Bonchev–Trinajstić information content (AvgIpc) is 3.71. The standard InChI is InChI=1S/C36H47N7O5/c1-21-9-11-23(12-10-21)18-27(33(39)45)41-34(46)22(2)40-35(47)29-8-5-17-42(29)36(48)30-20-26-6-3-4-7-28(26)43(30)31(44)19-24-13-15-25(16-14-24)32(37)38/h9-16,22,26-30H,3-8,17-20H2,1-2H3,(H3,37,38)(H2,39,45)(H,40,47)(H,41,46)/t22-,26+,27+,28+,29+,30+/m1/s1. The molecule has 3 fully saturated rings. The maximum absolute atomic E-state index is 14.2. The van der Waals surface area contributed by atoms with Crippen molar-refractivity contribution in [3.05, 3.63) is 70.8 Å². The molecule has 12 heteroatoms. The molecule has 256 valence electrons. The number of hydrogen-bond acceptors (Lipinski definition) is 6. The number of primary amides is 1. The molecule has 2 saturated heterocycles. The van der Waals surface area contributed by atoms with Crippen LogP contribution in [0.4, 0.5) is 0 Å². The zero-order chi connectivity index (χ0) is 34.5. The van der Waals surface area contributed by atoms with Gasteiger partial charge in [0.1, 0.15) is 30.0 Å². The monoisotopic (exact) mass is 657 g/mol. The zero-order valence-corrected chi connectivity index (χ0v) is 27.7. The van der Waals surface area contributed by atoms with Crippen LogP contribution in [0.1, 0.15) is 74.1 Å². The third kappa shape index (κ3) is 7.86. The lowest BCUT2D eigenvalue weighted by molar-refractivity contribution is -0.148. The fourth-order valence-corrected chi connectivity index (χ4v) is 7.46. The third-order valence-electron chi connectivity index (χ3n) is 10.1. The highest BCUT2D eigenvalue weighted by atomic mass is 16.2. The molecule has 7 N–H and O–H groups in total. The van der Waals surface area contributed by atoms with Crippen molar-refractivity contribution in [2.45, 2.75) is 102 Å². The summed E-state index contributed by atoms with van der Waals surface area (Å²) in [6.07, 6.45) is 5.84. The van der Waals surface area contributed by atoms with E-state index in [4.69, 9.17) is 16.9 Å². The number of nitrogens with two attached hydrogens (primary N) is 2. The summed E-state index contributed by atoms with van der Waals surface area (Å²) >= 11 is 0. The van der Waals surface area contributed by atoms with Crippen LogP contribution in [0.25, 0.3) is 0 Å². The lowest BCUT2D eigenvalue weighted by Crippen LogP contribution is -2.57. The van der Waals surface area contributed by atoms with Crippen LogP contribution in [-0.4, -0.2) is 81.9 Å². The van der Waals surface area contributed by atoms with E-state index in [0.29, 0.717) is 31.4 Å². The number of nitrogen functional groups attached to an aromatic ring is 1. The first-order valence-electron chi connectivity index (χ1n) is 16.9. The van der Waals surface area contributed by atoms with Crippen molar-refractivity contribution < 1.29 is 24.0 Å². The summed E-state index contributed by atoms with van der Waals surface area (Å²) in [6.45, 7) is 3.87. The highest BCUT2D eigenvalue weighted by Crippen LogP contribution is 2.41. The Labute approximate surface area is 281 Å². The van der Waals surface area contributed by atoms with Crippen molar-refractivity contribution in [1.29, 1.82) is 5.41 Å². The van der Waals surface area contributed by atoms with Gasteiger partial charge in [0.05, 0.1) is 6.42 Å². The quantitative estimate of drug-likeness (QED) is 0.180. The first-order valence-corrected chi connectivity index (χ1v) is 16.9.